The molecule has 2 heterocycles. The smallest absolute Gasteiger partial charge is 0.416 e. The average molecular weight is 455 g/mol. The Labute approximate surface area is 187 Å². The maximum Gasteiger partial charge on any atom is 0.416 e. The summed E-state index contributed by atoms with van der Waals surface area (Å²) in [6.45, 7) is 0. The summed E-state index contributed by atoms with van der Waals surface area (Å²) >= 11 is 0. The van der Waals surface area contributed by atoms with E-state index in [1.807, 2.05) is 6.07 Å². The SMILES string of the molecule is Fc1cc(-c2ccc(OC3CCCCC3)nc2)ccc1-c1nc2ccc(C(F)(F)F)cc2[nH]1. The van der Waals surface area contributed by atoms with Crippen LogP contribution in [0.2, 0.25) is 0 Å². The lowest BCUT2D eigenvalue weighted by molar-refractivity contribution is -0.137. The van der Waals surface area contributed by atoms with Crippen LogP contribution >= 0.6 is 0 Å². The molecular weight excluding hydrogens is 434 g/mol. The lowest BCUT2D eigenvalue weighted by Crippen LogP contribution is -2.20. The zero-order chi connectivity index (χ0) is 23.0. The summed E-state index contributed by atoms with van der Waals surface area (Å²) < 4.78 is 59.7. The number of H-pyrrole nitrogens is 1. The van der Waals surface area contributed by atoms with Gasteiger partial charge in [0.2, 0.25) is 5.88 Å². The summed E-state index contributed by atoms with van der Waals surface area (Å²) in [5, 5.41) is 0. The second-order valence-corrected chi connectivity index (χ2v) is 8.27. The van der Waals surface area contributed by atoms with Crippen molar-refractivity contribution in [2.45, 2.75) is 44.4 Å². The van der Waals surface area contributed by atoms with Crippen molar-refractivity contribution in [1.29, 1.82) is 0 Å². The number of hydrogen-bond donors (Lipinski definition) is 1. The van der Waals surface area contributed by atoms with Crippen LogP contribution in [0.5, 0.6) is 5.88 Å². The molecule has 4 aromatic rings. The number of hydrogen-bond acceptors (Lipinski definition) is 3. The van der Waals surface area contributed by atoms with Crippen LogP contribution in [0.3, 0.4) is 0 Å². The molecule has 0 atom stereocenters. The first-order valence-corrected chi connectivity index (χ1v) is 10.9. The molecule has 0 unspecified atom stereocenters. The first-order chi connectivity index (χ1) is 15.9. The van der Waals surface area contributed by atoms with Crippen molar-refractivity contribution in [3.63, 3.8) is 0 Å². The molecule has 0 aliphatic heterocycles. The molecule has 8 heteroatoms. The number of aromatic nitrogens is 3. The molecule has 0 amide bonds. The van der Waals surface area contributed by atoms with Crippen molar-refractivity contribution in [3.05, 3.63) is 66.1 Å². The Morgan fingerprint density at radius 2 is 1.70 bits per heavy atom. The van der Waals surface area contributed by atoms with E-state index in [9.17, 15) is 17.6 Å². The summed E-state index contributed by atoms with van der Waals surface area (Å²) in [6.07, 6.45) is 3.04. The first-order valence-electron chi connectivity index (χ1n) is 10.9. The van der Waals surface area contributed by atoms with Gasteiger partial charge in [-0.05, 0) is 67.6 Å². The molecule has 1 N–H and O–H groups in total. The van der Waals surface area contributed by atoms with E-state index in [4.69, 9.17) is 4.74 Å². The van der Waals surface area contributed by atoms with Crippen LogP contribution in [0.4, 0.5) is 17.6 Å². The highest BCUT2D eigenvalue weighted by atomic mass is 19.4. The third-order valence-electron chi connectivity index (χ3n) is 5.94. The van der Waals surface area contributed by atoms with E-state index in [0.29, 0.717) is 17.0 Å². The number of alkyl halides is 3. The molecule has 5 rings (SSSR count). The maximum atomic E-state index is 14.9. The molecule has 4 nitrogen and oxygen atoms in total. The van der Waals surface area contributed by atoms with Crippen LogP contribution in [-0.2, 0) is 6.18 Å². The second-order valence-electron chi connectivity index (χ2n) is 8.27. The molecule has 1 saturated carbocycles. The van der Waals surface area contributed by atoms with Gasteiger partial charge in [-0.1, -0.05) is 12.5 Å². The maximum absolute atomic E-state index is 14.9. The monoisotopic (exact) mass is 455 g/mol. The number of nitrogens with one attached hydrogen (secondary N) is 1. The van der Waals surface area contributed by atoms with E-state index < -0.39 is 17.6 Å². The van der Waals surface area contributed by atoms with E-state index in [1.165, 1.54) is 31.4 Å². The molecule has 0 radical (unpaired) electrons. The standard InChI is InChI=1S/C25H21F4N3O/c26-20-12-15(16-7-11-23(30-14-16)33-18-4-2-1-3-5-18)6-9-19(20)24-31-21-10-8-17(25(27,28)29)13-22(21)32-24/h6-14,18H,1-5H2,(H,31,32). The third kappa shape index (κ3) is 4.55. The summed E-state index contributed by atoms with van der Waals surface area (Å²) in [5.41, 5.74) is 1.28. The Balaban J connectivity index is 1.37. The van der Waals surface area contributed by atoms with Crippen LogP contribution in [0, 0.1) is 5.82 Å². The number of pyridine rings is 1. The molecular formula is C25H21F4N3O. The molecule has 0 saturated heterocycles. The Morgan fingerprint density at radius 1 is 0.909 bits per heavy atom. The number of nitrogens with zero attached hydrogens (tertiary/aromatic N) is 2. The van der Waals surface area contributed by atoms with Gasteiger partial charge in [0.15, 0.2) is 0 Å². The molecule has 2 aromatic heterocycles. The van der Waals surface area contributed by atoms with Crippen LogP contribution < -0.4 is 4.74 Å². The fourth-order valence-corrected chi connectivity index (χ4v) is 4.17. The lowest BCUT2D eigenvalue weighted by atomic mass is 9.98. The minimum absolute atomic E-state index is 0.169. The van der Waals surface area contributed by atoms with Gasteiger partial charge in [0.05, 0.1) is 22.2 Å². The molecule has 33 heavy (non-hydrogen) atoms. The second kappa shape index (κ2) is 8.50. The summed E-state index contributed by atoms with van der Waals surface area (Å²) in [6, 6.07) is 11.5. The van der Waals surface area contributed by atoms with Crippen molar-refractivity contribution in [2.24, 2.45) is 0 Å². The van der Waals surface area contributed by atoms with Gasteiger partial charge in [-0.3, -0.25) is 0 Å². The van der Waals surface area contributed by atoms with Gasteiger partial charge < -0.3 is 9.72 Å². The van der Waals surface area contributed by atoms with Crippen molar-refractivity contribution < 1.29 is 22.3 Å². The number of benzene rings is 2. The van der Waals surface area contributed by atoms with Gasteiger partial charge >= 0.3 is 6.18 Å². The number of halogens is 4. The van der Waals surface area contributed by atoms with Gasteiger partial charge in [0.1, 0.15) is 17.7 Å². The highest BCUT2D eigenvalue weighted by molar-refractivity contribution is 5.80. The van der Waals surface area contributed by atoms with Crippen molar-refractivity contribution in [2.75, 3.05) is 0 Å². The zero-order valence-electron chi connectivity index (χ0n) is 17.6. The highest BCUT2D eigenvalue weighted by Gasteiger charge is 2.30. The minimum Gasteiger partial charge on any atom is -0.474 e. The highest BCUT2D eigenvalue weighted by Crippen LogP contribution is 2.33. The molecule has 1 fully saturated rings. The van der Waals surface area contributed by atoms with Crippen LogP contribution in [-0.4, -0.2) is 21.1 Å². The van der Waals surface area contributed by atoms with Crippen molar-refractivity contribution in [1.82, 2.24) is 15.0 Å². The largest absolute Gasteiger partial charge is 0.474 e. The number of ether oxygens (including phenoxy) is 1. The molecule has 170 valence electrons. The number of fused-ring (bicyclic) bond motifs is 1. The summed E-state index contributed by atoms with van der Waals surface area (Å²) in [4.78, 5) is 11.4. The Bertz CT molecular complexity index is 1280. The quantitative estimate of drug-likeness (QED) is 0.332. The Hall–Kier alpha value is -3.42. The van der Waals surface area contributed by atoms with Gasteiger partial charge in [0.25, 0.3) is 0 Å². The van der Waals surface area contributed by atoms with E-state index >= 15 is 0 Å². The average Bonchev–Trinajstić information content (AvgIpc) is 3.23. The first kappa shape index (κ1) is 21.4. The predicted octanol–water partition coefficient (Wildman–Crippen LogP) is 7.16. The van der Waals surface area contributed by atoms with Gasteiger partial charge in [-0.2, -0.15) is 13.2 Å². The molecule has 2 aromatic carbocycles. The topological polar surface area (TPSA) is 50.8 Å². The Morgan fingerprint density at radius 3 is 2.39 bits per heavy atom. The van der Waals surface area contributed by atoms with Crippen LogP contribution in [0.25, 0.3) is 33.5 Å². The summed E-state index contributed by atoms with van der Waals surface area (Å²) in [7, 11) is 0. The Kier molecular flexibility index (Phi) is 5.52. The number of rotatable bonds is 4. The van der Waals surface area contributed by atoms with E-state index in [2.05, 4.69) is 15.0 Å². The van der Waals surface area contributed by atoms with Crippen LogP contribution in [0.1, 0.15) is 37.7 Å². The predicted molar refractivity (Wildman–Crippen MR) is 117 cm³/mol. The van der Waals surface area contributed by atoms with E-state index in [1.54, 1.807) is 24.4 Å². The minimum atomic E-state index is -4.46. The van der Waals surface area contributed by atoms with Gasteiger partial charge in [-0.25, -0.2) is 14.4 Å². The fourth-order valence-electron chi connectivity index (χ4n) is 4.17. The van der Waals surface area contributed by atoms with Crippen molar-refractivity contribution in [3.8, 4) is 28.4 Å². The normalized spacial score (nSPS) is 15.2. The third-order valence-corrected chi connectivity index (χ3v) is 5.94. The van der Waals surface area contributed by atoms with Gasteiger partial charge in [-0.15, -0.1) is 0 Å². The molecule has 0 bridgehead atoms. The zero-order valence-corrected chi connectivity index (χ0v) is 17.6. The number of imidazole rings is 1. The van der Waals surface area contributed by atoms with Gasteiger partial charge in [0, 0.05) is 17.8 Å². The van der Waals surface area contributed by atoms with E-state index in [0.717, 1.165) is 30.5 Å². The molecule has 0 spiro atoms. The molecule has 1 aliphatic carbocycles. The molecule has 1 aliphatic rings. The van der Waals surface area contributed by atoms with E-state index in [-0.39, 0.29) is 23.0 Å². The lowest BCUT2D eigenvalue weighted by Gasteiger charge is -2.22. The fraction of sp³-hybridized carbons (Fsp3) is 0.280. The number of aromatic amines is 1. The van der Waals surface area contributed by atoms with Crippen LogP contribution in [0.15, 0.2) is 54.7 Å². The summed E-state index contributed by atoms with van der Waals surface area (Å²) in [5.74, 6) is 0.191. The van der Waals surface area contributed by atoms with Crippen molar-refractivity contribution >= 4 is 11.0 Å².